The van der Waals surface area contributed by atoms with Crippen LogP contribution in [0, 0.1) is 0 Å². The number of nitrogens with one attached hydrogen (secondary N) is 2. The minimum atomic E-state index is -3.30. The molecule has 1 aromatic carbocycles. The number of hydrogen-bond donors (Lipinski definition) is 2. The molecule has 1 heterocycles. The van der Waals surface area contributed by atoms with Gasteiger partial charge in [-0.2, -0.15) is 0 Å². The Hall–Kier alpha value is -2.02. The van der Waals surface area contributed by atoms with E-state index < -0.39 is 10.0 Å². The molecule has 0 aliphatic heterocycles. The fraction of sp³-hybridized carbons (Fsp3) is 0.357. The highest BCUT2D eigenvalue weighted by Crippen LogP contribution is 2.24. The van der Waals surface area contributed by atoms with E-state index in [1.165, 1.54) is 11.4 Å². The van der Waals surface area contributed by atoms with Crippen LogP contribution in [-0.4, -0.2) is 38.7 Å². The molecule has 0 atom stereocenters. The summed E-state index contributed by atoms with van der Waals surface area (Å²) in [5, 5.41) is 3.73. The molecule has 112 valence electrons. The number of amides is 1. The second-order valence-corrected chi connectivity index (χ2v) is 7.45. The molecule has 3 rings (SSSR count). The summed E-state index contributed by atoms with van der Waals surface area (Å²) in [5.74, 6) is -0.119. The third-order valence-electron chi connectivity index (χ3n) is 3.62. The van der Waals surface area contributed by atoms with Crippen molar-refractivity contribution >= 4 is 32.5 Å². The molecule has 1 fully saturated rings. The molecule has 1 aromatic heterocycles. The van der Waals surface area contributed by atoms with Crippen molar-refractivity contribution in [2.75, 3.05) is 17.6 Å². The predicted molar refractivity (Wildman–Crippen MR) is 82.0 cm³/mol. The number of sulfonamides is 1. The SMILES string of the molecule is CN(c1ccc2[nH]c(C(=O)NC3CC3)cc2c1)S(C)(=O)=O. The average Bonchev–Trinajstić information content (AvgIpc) is 3.12. The molecule has 1 saturated carbocycles. The van der Waals surface area contributed by atoms with Gasteiger partial charge in [0.1, 0.15) is 5.69 Å². The van der Waals surface area contributed by atoms with E-state index in [0.717, 1.165) is 30.0 Å². The van der Waals surface area contributed by atoms with Gasteiger partial charge in [0.15, 0.2) is 0 Å². The van der Waals surface area contributed by atoms with E-state index in [4.69, 9.17) is 0 Å². The van der Waals surface area contributed by atoms with Crippen LogP contribution in [-0.2, 0) is 10.0 Å². The second-order valence-electron chi connectivity index (χ2n) is 5.43. The van der Waals surface area contributed by atoms with Crippen LogP contribution in [0.1, 0.15) is 23.3 Å². The van der Waals surface area contributed by atoms with E-state index in [9.17, 15) is 13.2 Å². The molecule has 2 aromatic rings. The number of H-pyrrole nitrogens is 1. The number of aromatic amines is 1. The van der Waals surface area contributed by atoms with Crippen molar-refractivity contribution in [3.8, 4) is 0 Å². The fourth-order valence-electron chi connectivity index (χ4n) is 2.12. The van der Waals surface area contributed by atoms with E-state index in [1.54, 1.807) is 24.3 Å². The number of aromatic nitrogens is 1. The highest BCUT2D eigenvalue weighted by atomic mass is 32.2. The van der Waals surface area contributed by atoms with Gasteiger partial charge >= 0.3 is 0 Å². The van der Waals surface area contributed by atoms with Gasteiger partial charge in [-0.25, -0.2) is 8.42 Å². The zero-order valence-electron chi connectivity index (χ0n) is 11.9. The van der Waals surface area contributed by atoms with E-state index in [1.807, 2.05) is 0 Å². The molecule has 1 amide bonds. The maximum absolute atomic E-state index is 12.0. The van der Waals surface area contributed by atoms with Crippen molar-refractivity contribution in [2.24, 2.45) is 0 Å². The largest absolute Gasteiger partial charge is 0.351 e. The van der Waals surface area contributed by atoms with E-state index >= 15 is 0 Å². The van der Waals surface area contributed by atoms with Crippen molar-refractivity contribution in [3.63, 3.8) is 0 Å². The molecule has 1 aliphatic rings. The number of carbonyl (C=O) groups excluding carboxylic acids is 1. The lowest BCUT2D eigenvalue weighted by molar-refractivity contribution is 0.0947. The summed E-state index contributed by atoms with van der Waals surface area (Å²) in [6.45, 7) is 0. The molecular formula is C14H17N3O3S. The summed E-state index contributed by atoms with van der Waals surface area (Å²) in [7, 11) is -1.79. The Kier molecular flexibility index (Phi) is 3.16. The number of rotatable bonds is 4. The summed E-state index contributed by atoms with van der Waals surface area (Å²) < 4.78 is 24.3. The molecule has 1 aliphatic carbocycles. The molecular weight excluding hydrogens is 290 g/mol. The van der Waals surface area contributed by atoms with Gasteiger partial charge in [-0.1, -0.05) is 0 Å². The maximum Gasteiger partial charge on any atom is 0.267 e. The van der Waals surface area contributed by atoms with Gasteiger partial charge in [-0.15, -0.1) is 0 Å². The lowest BCUT2D eigenvalue weighted by Gasteiger charge is -2.16. The Morgan fingerprint density at radius 1 is 1.33 bits per heavy atom. The molecule has 2 N–H and O–H groups in total. The van der Waals surface area contributed by atoms with Crippen LogP contribution in [0.15, 0.2) is 24.3 Å². The lowest BCUT2D eigenvalue weighted by atomic mass is 10.2. The number of anilines is 1. The molecule has 21 heavy (non-hydrogen) atoms. The van der Waals surface area contributed by atoms with Gasteiger partial charge < -0.3 is 10.3 Å². The average molecular weight is 307 g/mol. The number of hydrogen-bond acceptors (Lipinski definition) is 3. The minimum Gasteiger partial charge on any atom is -0.351 e. The molecule has 0 unspecified atom stereocenters. The monoisotopic (exact) mass is 307 g/mol. The number of carbonyl (C=O) groups is 1. The summed E-state index contributed by atoms with van der Waals surface area (Å²) in [4.78, 5) is 15.0. The fourth-order valence-corrected chi connectivity index (χ4v) is 2.62. The normalized spacial score (nSPS) is 15.1. The zero-order valence-corrected chi connectivity index (χ0v) is 12.7. The highest BCUT2D eigenvalue weighted by molar-refractivity contribution is 7.92. The third-order valence-corrected chi connectivity index (χ3v) is 4.83. The van der Waals surface area contributed by atoms with Crippen LogP contribution < -0.4 is 9.62 Å². The first-order valence-electron chi connectivity index (χ1n) is 6.72. The Morgan fingerprint density at radius 2 is 2.05 bits per heavy atom. The first kappa shape index (κ1) is 13.9. The van der Waals surface area contributed by atoms with Crippen molar-refractivity contribution in [3.05, 3.63) is 30.0 Å². The van der Waals surface area contributed by atoms with Crippen LogP contribution in [0.3, 0.4) is 0 Å². The first-order valence-corrected chi connectivity index (χ1v) is 8.57. The molecule has 0 bridgehead atoms. The van der Waals surface area contributed by atoms with Crippen molar-refractivity contribution < 1.29 is 13.2 Å². The van der Waals surface area contributed by atoms with Crippen molar-refractivity contribution in [1.82, 2.24) is 10.3 Å². The van der Waals surface area contributed by atoms with Crippen molar-refractivity contribution in [2.45, 2.75) is 18.9 Å². The van der Waals surface area contributed by atoms with E-state index in [-0.39, 0.29) is 5.91 Å². The van der Waals surface area contributed by atoms with Gasteiger partial charge in [-0.05, 0) is 37.1 Å². The third kappa shape index (κ3) is 2.87. The van der Waals surface area contributed by atoms with E-state index in [2.05, 4.69) is 10.3 Å². The van der Waals surface area contributed by atoms with E-state index in [0.29, 0.717) is 17.4 Å². The van der Waals surface area contributed by atoms with Gasteiger partial charge in [0.25, 0.3) is 5.91 Å². The Morgan fingerprint density at radius 3 is 2.67 bits per heavy atom. The van der Waals surface area contributed by atoms with Gasteiger partial charge in [-0.3, -0.25) is 9.10 Å². The van der Waals surface area contributed by atoms with Crippen LogP contribution in [0.4, 0.5) is 5.69 Å². The van der Waals surface area contributed by atoms with Crippen LogP contribution in [0.25, 0.3) is 10.9 Å². The smallest absolute Gasteiger partial charge is 0.267 e. The Balaban J connectivity index is 1.92. The molecule has 0 saturated heterocycles. The van der Waals surface area contributed by atoms with Gasteiger partial charge in [0.05, 0.1) is 11.9 Å². The van der Waals surface area contributed by atoms with Crippen LogP contribution in [0.5, 0.6) is 0 Å². The van der Waals surface area contributed by atoms with Gasteiger partial charge in [0, 0.05) is 24.0 Å². The topological polar surface area (TPSA) is 82.3 Å². The standard InChI is InChI=1S/C14H17N3O3S/c1-17(21(2,19)20)11-5-6-12-9(7-11)8-13(16-12)14(18)15-10-3-4-10/h5-8,10,16H,3-4H2,1-2H3,(H,15,18). The highest BCUT2D eigenvalue weighted by Gasteiger charge is 2.24. The van der Waals surface area contributed by atoms with Crippen LogP contribution in [0.2, 0.25) is 0 Å². The maximum atomic E-state index is 12.0. The second kappa shape index (κ2) is 4.77. The number of nitrogens with zero attached hydrogens (tertiary/aromatic N) is 1. The zero-order chi connectivity index (χ0) is 15.2. The Bertz CT molecular complexity index is 806. The van der Waals surface area contributed by atoms with Gasteiger partial charge in [0.2, 0.25) is 10.0 Å². The minimum absolute atomic E-state index is 0.119. The summed E-state index contributed by atoms with van der Waals surface area (Å²) in [6.07, 6.45) is 3.23. The Labute approximate surface area is 123 Å². The summed E-state index contributed by atoms with van der Waals surface area (Å²) >= 11 is 0. The number of benzene rings is 1. The molecule has 0 spiro atoms. The summed E-state index contributed by atoms with van der Waals surface area (Å²) in [5.41, 5.74) is 1.87. The van der Waals surface area contributed by atoms with Crippen molar-refractivity contribution in [1.29, 1.82) is 0 Å². The first-order chi connectivity index (χ1) is 9.84. The predicted octanol–water partition coefficient (Wildman–Crippen LogP) is 1.46. The molecule has 6 nitrogen and oxygen atoms in total. The van der Waals surface area contributed by atoms with Crippen LogP contribution >= 0.6 is 0 Å². The summed E-state index contributed by atoms with van der Waals surface area (Å²) in [6, 6.07) is 7.28. The lowest BCUT2D eigenvalue weighted by Crippen LogP contribution is -2.25. The quantitative estimate of drug-likeness (QED) is 0.897. The molecule has 7 heteroatoms. The molecule has 0 radical (unpaired) electrons. The number of fused-ring (bicyclic) bond motifs is 1.